The second kappa shape index (κ2) is 10.7. The van der Waals surface area contributed by atoms with Gasteiger partial charge in [0.15, 0.2) is 0 Å². The Morgan fingerprint density at radius 3 is 2.44 bits per heavy atom. The second-order valence-corrected chi connectivity index (χ2v) is 6.76. The third-order valence-corrected chi connectivity index (χ3v) is 4.58. The maximum Gasteiger partial charge on any atom is 0.224 e. The van der Waals surface area contributed by atoms with Crippen LogP contribution in [0.25, 0.3) is 0 Å². The van der Waals surface area contributed by atoms with Crippen molar-refractivity contribution in [2.45, 2.75) is 58.3 Å². The van der Waals surface area contributed by atoms with E-state index in [0.717, 1.165) is 43.7 Å². The predicted molar refractivity (Wildman–Crippen MR) is 103 cm³/mol. The molecule has 1 aromatic rings. The van der Waals surface area contributed by atoms with Gasteiger partial charge in [-0.25, -0.2) is 0 Å². The van der Waals surface area contributed by atoms with Crippen molar-refractivity contribution < 1.29 is 9.59 Å². The minimum atomic E-state index is 0.00265. The number of hydrogen-bond acceptors (Lipinski definition) is 3. The number of benzene rings is 1. The van der Waals surface area contributed by atoms with E-state index in [1.165, 1.54) is 32.6 Å². The van der Waals surface area contributed by atoms with E-state index >= 15 is 0 Å². The van der Waals surface area contributed by atoms with Crippen LogP contribution in [0.3, 0.4) is 0 Å². The number of carbonyl (C=O) groups is 2. The molecule has 2 rings (SSSR count). The molecule has 0 aromatic heterocycles. The van der Waals surface area contributed by atoms with Crippen LogP contribution in [0.4, 0.5) is 11.4 Å². The lowest BCUT2D eigenvalue weighted by Crippen LogP contribution is -2.25. The van der Waals surface area contributed by atoms with Gasteiger partial charge >= 0.3 is 0 Å². The number of para-hydroxylation sites is 2. The van der Waals surface area contributed by atoms with E-state index in [4.69, 9.17) is 0 Å². The molecule has 0 spiro atoms. The van der Waals surface area contributed by atoms with Crippen LogP contribution in [0.15, 0.2) is 24.3 Å². The van der Waals surface area contributed by atoms with Gasteiger partial charge in [-0.1, -0.05) is 31.4 Å². The molecule has 0 saturated carbocycles. The zero-order chi connectivity index (χ0) is 17.9. The molecule has 0 aliphatic carbocycles. The predicted octanol–water partition coefficient (Wildman–Crippen LogP) is 3.70. The molecule has 1 aromatic carbocycles. The van der Waals surface area contributed by atoms with Gasteiger partial charge in [0.05, 0.1) is 11.4 Å². The van der Waals surface area contributed by atoms with E-state index in [2.05, 4.69) is 21.6 Å². The molecule has 25 heavy (non-hydrogen) atoms. The maximum atomic E-state index is 12.3. The highest BCUT2D eigenvalue weighted by molar-refractivity contribution is 5.94. The lowest BCUT2D eigenvalue weighted by molar-refractivity contribution is -0.119. The molecule has 5 nitrogen and oxygen atoms in total. The highest BCUT2D eigenvalue weighted by Crippen LogP contribution is 2.28. The number of hydrogen-bond donors (Lipinski definition) is 2. The van der Waals surface area contributed by atoms with Crippen molar-refractivity contribution in [3.05, 3.63) is 24.3 Å². The van der Waals surface area contributed by atoms with Gasteiger partial charge in [0, 0.05) is 33.0 Å². The molecule has 0 bridgehead atoms. The largest absolute Gasteiger partial charge is 0.370 e. The first-order valence-corrected chi connectivity index (χ1v) is 9.55. The molecule has 1 aliphatic heterocycles. The quantitative estimate of drug-likeness (QED) is 0.706. The molecule has 2 N–H and O–H groups in total. The van der Waals surface area contributed by atoms with Crippen LogP contribution in [-0.4, -0.2) is 31.4 Å². The molecular weight excluding hydrogens is 314 g/mol. The number of unbranched alkanes of at least 4 members (excludes halogenated alkanes) is 2. The zero-order valence-corrected chi connectivity index (χ0v) is 15.4. The lowest BCUT2D eigenvalue weighted by Gasteiger charge is -2.25. The molecule has 1 saturated heterocycles. The Bertz CT molecular complexity index is 552. The topological polar surface area (TPSA) is 61.4 Å². The van der Waals surface area contributed by atoms with Crippen molar-refractivity contribution in [1.29, 1.82) is 0 Å². The minimum Gasteiger partial charge on any atom is -0.370 e. The summed E-state index contributed by atoms with van der Waals surface area (Å²) in [6.07, 6.45) is 8.25. The highest BCUT2D eigenvalue weighted by Gasteiger charge is 2.14. The Hall–Kier alpha value is -2.04. The summed E-state index contributed by atoms with van der Waals surface area (Å²) in [4.78, 5) is 25.4. The number of carbonyl (C=O) groups excluding carboxylic acids is 2. The fourth-order valence-electron chi connectivity index (χ4n) is 3.23. The van der Waals surface area contributed by atoms with Crippen LogP contribution < -0.4 is 15.5 Å². The SMILES string of the molecule is CC(=O)NCCCCCC(=O)Nc1ccccc1N1CCCCCC1. The van der Waals surface area contributed by atoms with Crippen LogP contribution in [0.5, 0.6) is 0 Å². The summed E-state index contributed by atoms with van der Waals surface area (Å²) in [6.45, 7) is 4.34. The summed E-state index contributed by atoms with van der Waals surface area (Å²) in [7, 11) is 0. The fraction of sp³-hybridized carbons (Fsp3) is 0.600. The molecule has 5 heteroatoms. The molecule has 1 aliphatic rings. The van der Waals surface area contributed by atoms with Gasteiger partial charge in [-0.3, -0.25) is 9.59 Å². The molecule has 1 fully saturated rings. The molecular formula is C20H31N3O2. The fourth-order valence-corrected chi connectivity index (χ4v) is 3.23. The van der Waals surface area contributed by atoms with Gasteiger partial charge in [0.25, 0.3) is 0 Å². The summed E-state index contributed by atoms with van der Waals surface area (Å²) in [5.74, 6) is 0.0738. The van der Waals surface area contributed by atoms with Crippen LogP contribution in [0.2, 0.25) is 0 Å². The monoisotopic (exact) mass is 345 g/mol. The van der Waals surface area contributed by atoms with Gasteiger partial charge in [-0.05, 0) is 37.8 Å². The highest BCUT2D eigenvalue weighted by atomic mass is 16.2. The van der Waals surface area contributed by atoms with Gasteiger partial charge in [0.1, 0.15) is 0 Å². The molecule has 0 radical (unpaired) electrons. The second-order valence-electron chi connectivity index (χ2n) is 6.76. The van der Waals surface area contributed by atoms with Gasteiger partial charge in [-0.15, -0.1) is 0 Å². The lowest BCUT2D eigenvalue weighted by atomic mass is 10.1. The molecule has 1 heterocycles. The Kier molecular flexibility index (Phi) is 8.29. The van der Waals surface area contributed by atoms with Crippen LogP contribution >= 0.6 is 0 Å². The Labute approximate surface area is 151 Å². The first kappa shape index (κ1) is 19.3. The standard InChI is InChI=1S/C20H31N3O2/c1-17(24)21-14-8-4-5-13-20(25)22-18-11-6-7-12-19(18)23-15-9-2-3-10-16-23/h6-7,11-12H,2-5,8-10,13-16H2,1H3,(H,21,24)(H,22,25). The Morgan fingerprint density at radius 2 is 1.72 bits per heavy atom. The molecule has 2 amide bonds. The van der Waals surface area contributed by atoms with Crippen molar-refractivity contribution in [1.82, 2.24) is 5.32 Å². The first-order valence-electron chi connectivity index (χ1n) is 9.55. The molecule has 138 valence electrons. The minimum absolute atomic E-state index is 0.00265. The summed E-state index contributed by atoms with van der Waals surface area (Å²) in [5, 5.41) is 5.86. The zero-order valence-electron chi connectivity index (χ0n) is 15.4. The van der Waals surface area contributed by atoms with E-state index in [1.807, 2.05) is 18.2 Å². The average molecular weight is 345 g/mol. The van der Waals surface area contributed by atoms with E-state index in [1.54, 1.807) is 0 Å². The van der Waals surface area contributed by atoms with E-state index in [-0.39, 0.29) is 11.8 Å². The van der Waals surface area contributed by atoms with Gasteiger partial charge in [0.2, 0.25) is 11.8 Å². The normalized spacial score (nSPS) is 14.7. The van der Waals surface area contributed by atoms with E-state index in [0.29, 0.717) is 13.0 Å². The Balaban J connectivity index is 1.79. The van der Waals surface area contributed by atoms with Crippen LogP contribution in [0.1, 0.15) is 58.3 Å². The van der Waals surface area contributed by atoms with E-state index < -0.39 is 0 Å². The summed E-state index contributed by atoms with van der Waals surface area (Å²) in [6, 6.07) is 8.12. The number of rotatable bonds is 8. The van der Waals surface area contributed by atoms with Gasteiger partial charge < -0.3 is 15.5 Å². The number of nitrogens with one attached hydrogen (secondary N) is 2. The Morgan fingerprint density at radius 1 is 1.00 bits per heavy atom. The van der Waals surface area contributed by atoms with E-state index in [9.17, 15) is 9.59 Å². The van der Waals surface area contributed by atoms with Crippen molar-refractivity contribution in [3.63, 3.8) is 0 Å². The van der Waals surface area contributed by atoms with Crippen LogP contribution in [0, 0.1) is 0 Å². The number of nitrogens with zero attached hydrogens (tertiary/aromatic N) is 1. The summed E-state index contributed by atoms with van der Waals surface area (Å²) >= 11 is 0. The summed E-state index contributed by atoms with van der Waals surface area (Å²) in [5.41, 5.74) is 2.07. The third-order valence-electron chi connectivity index (χ3n) is 4.58. The van der Waals surface area contributed by atoms with Gasteiger partial charge in [-0.2, -0.15) is 0 Å². The smallest absolute Gasteiger partial charge is 0.224 e. The average Bonchev–Trinajstić information content (AvgIpc) is 2.87. The van der Waals surface area contributed by atoms with Crippen molar-refractivity contribution in [2.75, 3.05) is 29.9 Å². The molecule has 0 atom stereocenters. The maximum absolute atomic E-state index is 12.3. The molecule has 0 unspecified atom stereocenters. The van der Waals surface area contributed by atoms with Crippen molar-refractivity contribution in [3.8, 4) is 0 Å². The number of anilines is 2. The number of amides is 2. The van der Waals surface area contributed by atoms with Crippen molar-refractivity contribution in [2.24, 2.45) is 0 Å². The summed E-state index contributed by atoms with van der Waals surface area (Å²) < 4.78 is 0. The van der Waals surface area contributed by atoms with Crippen molar-refractivity contribution >= 4 is 23.2 Å². The third kappa shape index (κ3) is 7.16. The first-order chi connectivity index (χ1) is 12.2. The van der Waals surface area contributed by atoms with Crippen LogP contribution in [-0.2, 0) is 9.59 Å².